The summed E-state index contributed by atoms with van der Waals surface area (Å²) < 4.78 is 18.3. The molecular formula is C25H25N5O4. The smallest absolute Gasteiger partial charge is 0.302 e. The summed E-state index contributed by atoms with van der Waals surface area (Å²) in [4.78, 5) is 25.7. The molecular weight excluding hydrogens is 434 g/mol. The lowest BCUT2D eigenvalue weighted by Gasteiger charge is -2.21. The number of amides is 1. The van der Waals surface area contributed by atoms with E-state index in [2.05, 4.69) is 20.3 Å². The van der Waals surface area contributed by atoms with Gasteiger partial charge in [0.05, 0.1) is 23.8 Å². The maximum atomic E-state index is 12.5. The fourth-order valence-electron chi connectivity index (χ4n) is 4.02. The number of imidazole rings is 1. The van der Waals surface area contributed by atoms with Crippen molar-refractivity contribution in [2.45, 2.75) is 18.8 Å². The number of ether oxygens (including phenoxy) is 3. The third-order valence-electron chi connectivity index (χ3n) is 5.81. The molecule has 0 spiro atoms. The van der Waals surface area contributed by atoms with Crippen LogP contribution < -0.4 is 14.8 Å². The number of nitrogens with zero attached hydrogens (tertiary/aromatic N) is 4. The van der Waals surface area contributed by atoms with Gasteiger partial charge in [0.25, 0.3) is 5.91 Å². The highest BCUT2D eigenvalue weighted by Gasteiger charge is 2.18. The molecule has 4 aromatic rings. The van der Waals surface area contributed by atoms with E-state index in [0.29, 0.717) is 11.9 Å². The SMILES string of the molecule is COc1ccc(-n2c(OCC(=O)Nc3ncc(C4CCOCC4)cn3)nc3ccccc32)cc1. The number of benzene rings is 2. The zero-order valence-electron chi connectivity index (χ0n) is 18.8. The minimum absolute atomic E-state index is 0.232. The molecule has 1 N–H and O–H groups in total. The molecule has 1 fully saturated rings. The van der Waals surface area contributed by atoms with E-state index in [0.717, 1.165) is 54.1 Å². The van der Waals surface area contributed by atoms with Gasteiger partial charge in [-0.25, -0.2) is 9.97 Å². The van der Waals surface area contributed by atoms with Crippen LogP contribution in [0.4, 0.5) is 5.95 Å². The molecule has 3 heterocycles. The molecule has 0 aliphatic carbocycles. The number of hydrogen-bond donors (Lipinski definition) is 1. The van der Waals surface area contributed by atoms with Gasteiger partial charge < -0.3 is 14.2 Å². The molecule has 1 aliphatic heterocycles. The highest BCUT2D eigenvalue weighted by Crippen LogP contribution is 2.28. The van der Waals surface area contributed by atoms with E-state index >= 15 is 0 Å². The summed E-state index contributed by atoms with van der Waals surface area (Å²) >= 11 is 0. The van der Waals surface area contributed by atoms with Gasteiger partial charge in [-0.1, -0.05) is 12.1 Å². The van der Waals surface area contributed by atoms with E-state index in [9.17, 15) is 4.79 Å². The third kappa shape index (κ3) is 4.69. The van der Waals surface area contributed by atoms with E-state index in [4.69, 9.17) is 14.2 Å². The average molecular weight is 460 g/mol. The van der Waals surface area contributed by atoms with Crippen LogP contribution in [0.2, 0.25) is 0 Å². The van der Waals surface area contributed by atoms with E-state index in [1.807, 2.05) is 53.1 Å². The number of carbonyl (C=O) groups excluding carboxylic acids is 1. The Morgan fingerprint density at radius 1 is 1.09 bits per heavy atom. The Morgan fingerprint density at radius 2 is 1.82 bits per heavy atom. The summed E-state index contributed by atoms with van der Waals surface area (Å²) in [5, 5.41) is 2.69. The first-order valence-electron chi connectivity index (χ1n) is 11.2. The number of aromatic nitrogens is 4. The topological polar surface area (TPSA) is 100 Å². The molecule has 9 heteroatoms. The largest absolute Gasteiger partial charge is 0.497 e. The molecule has 2 aromatic heterocycles. The molecule has 34 heavy (non-hydrogen) atoms. The van der Waals surface area contributed by atoms with Gasteiger partial charge in [-0.15, -0.1) is 0 Å². The lowest BCUT2D eigenvalue weighted by Crippen LogP contribution is -2.22. The average Bonchev–Trinajstić information content (AvgIpc) is 3.27. The number of fused-ring (bicyclic) bond motifs is 1. The fraction of sp³-hybridized carbons (Fsp3) is 0.280. The van der Waals surface area contributed by atoms with Crippen LogP contribution in [0.3, 0.4) is 0 Å². The summed E-state index contributed by atoms with van der Waals surface area (Å²) in [5.74, 6) is 1.02. The second-order valence-electron chi connectivity index (χ2n) is 7.98. The summed E-state index contributed by atoms with van der Waals surface area (Å²) in [6.45, 7) is 1.27. The molecule has 174 valence electrons. The van der Waals surface area contributed by atoms with Gasteiger partial charge in [0.2, 0.25) is 5.95 Å². The number of hydrogen-bond acceptors (Lipinski definition) is 7. The molecule has 5 rings (SSSR count). The summed E-state index contributed by atoms with van der Waals surface area (Å²) in [7, 11) is 1.62. The first kappa shape index (κ1) is 21.8. The van der Waals surface area contributed by atoms with Gasteiger partial charge in [0.1, 0.15) is 5.75 Å². The quantitative estimate of drug-likeness (QED) is 0.449. The molecule has 1 saturated heterocycles. The minimum atomic E-state index is -0.368. The normalized spacial score (nSPS) is 14.1. The number of nitrogens with one attached hydrogen (secondary N) is 1. The molecule has 2 aromatic carbocycles. The molecule has 9 nitrogen and oxygen atoms in total. The van der Waals surface area contributed by atoms with Crippen molar-refractivity contribution >= 4 is 22.9 Å². The zero-order chi connectivity index (χ0) is 23.3. The van der Waals surface area contributed by atoms with Crippen molar-refractivity contribution in [3.8, 4) is 17.4 Å². The molecule has 1 aliphatic rings. The predicted molar refractivity (Wildman–Crippen MR) is 127 cm³/mol. The molecule has 1 amide bonds. The highest BCUT2D eigenvalue weighted by molar-refractivity contribution is 5.90. The minimum Gasteiger partial charge on any atom is -0.497 e. The van der Waals surface area contributed by atoms with Gasteiger partial charge in [-0.3, -0.25) is 14.7 Å². The molecule has 0 radical (unpaired) electrons. The van der Waals surface area contributed by atoms with Gasteiger partial charge >= 0.3 is 6.01 Å². The number of para-hydroxylation sites is 2. The fourth-order valence-corrected chi connectivity index (χ4v) is 4.02. The Bertz CT molecular complexity index is 1260. The number of anilines is 1. The number of carbonyl (C=O) groups is 1. The van der Waals surface area contributed by atoms with Gasteiger partial charge in [-0.2, -0.15) is 4.98 Å². The van der Waals surface area contributed by atoms with Crippen molar-refractivity contribution in [3.05, 3.63) is 66.5 Å². The second kappa shape index (κ2) is 9.88. The van der Waals surface area contributed by atoms with E-state index < -0.39 is 0 Å². The van der Waals surface area contributed by atoms with Crippen LogP contribution in [-0.4, -0.2) is 52.4 Å². The van der Waals surface area contributed by atoms with Crippen molar-refractivity contribution in [1.82, 2.24) is 19.5 Å². The van der Waals surface area contributed by atoms with Crippen molar-refractivity contribution < 1.29 is 19.0 Å². The second-order valence-corrected chi connectivity index (χ2v) is 7.98. The Hall–Kier alpha value is -3.98. The summed E-state index contributed by atoms with van der Waals surface area (Å²) in [6.07, 6.45) is 5.45. The maximum Gasteiger partial charge on any atom is 0.302 e. The molecule has 0 bridgehead atoms. The first-order valence-corrected chi connectivity index (χ1v) is 11.2. The number of rotatable bonds is 7. The van der Waals surface area contributed by atoms with Crippen molar-refractivity contribution in [1.29, 1.82) is 0 Å². The lowest BCUT2D eigenvalue weighted by molar-refractivity contribution is -0.118. The molecule has 0 unspecified atom stereocenters. The van der Waals surface area contributed by atoms with E-state index in [-0.39, 0.29) is 18.5 Å². The van der Waals surface area contributed by atoms with E-state index in [1.165, 1.54) is 0 Å². The van der Waals surface area contributed by atoms with Crippen LogP contribution in [0.25, 0.3) is 16.7 Å². The zero-order valence-corrected chi connectivity index (χ0v) is 18.8. The van der Waals surface area contributed by atoms with Crippen molar-refractivity contribution in [2.24, 2.45) is 0 Å². The molecule has 0 atom stereocenters. The summed E-state index contributed by atoms with van der Waals surface area (Å²) in [6, 6.07) is 15.6. The Kier molecular flexibility index (Phi) is 6.35. The van der Waals surface area contributed by atoms with Gasteiger partial charge in [-0.05, 0) is 60.7 Å². The standard InChI is InChI=1S/C25H25N5O4/c1-32-20-8-6-19(7-9-20)30-22-5-3-2-4-21(22)28-25(30)34-16-23(31)29-24-26-14-18(15-27-24)17-10-12-33-13-11-17/h2-9,14-15,17H,10-13,16H2,1H3,(H,26,27,29,31). The van der Waals surface area contributed by atoms with Crippen LogP contribution in [-0.2, 0) is 9.53 Å². The third-order valence-corrected chi connectivity index (χ3v) is 5.81. The predicted octanol–water partition coefficient (Wildman–Crippen LogP) is 3.74. The lowest BCUT2D eigenvalue weighted by atomic mass is 9.94. The van der Waals surface area contributed by atoms with Crippen LogP contribution in [0.5, 0.6) is 11.8 Å². The van der Waals surface area contributed by atoms with Crippen LogP contribution in [0.1, 0.15) is 24.3 Å². The first-order chi connectivity index (χ1) is 16.7. The van der Waals surface area contributed by atoms with E-state index in [1.54, 1.807) is 19.5 Å². The maximum absolute atomic E-state index is 12.5. The van der Waals surface area contributed by atoms with Gasteiger partial charge in [0, 0.05) is 25.6 Å². The highest BCUT2D eigenvalue weighted by atomic mass is 16.5. The van der Waals surface area contributed by atoms with Crippen LogP contribution in [0.15, 0.2) is 60.9 Å². The molecule has 0 saturated carbocycles. The van der Waals surface area contributed by atoms with Crippen molar-refractivity contribution in [2.75, 3.05) is 32.2 Å². The summed E-state index contributed by atoms with van der Waals surface area (Å²) in [5.41, 5.74) is 3.54. The Balaban J connectivity index is 1.28. The Labute approximate surface area is 196 Å². The Morgan fingerprint density at radius 3 is 2.56 bits per heavy atom. The monoisotopic (exact) mass is 459 g/mol. The van der Waals surface area contributed by atoms with Crippen LogP contribution in [0, 0.1) is 0 Å². The number of methoxy groups -OCH3 is 1. The van der Waals surface area contributed by atoms with Gasteiger partial charge in [0.15, 0.2) is 6.61 Å². The van der Waals surface area contributed by atoms with Crippen LogP contribution >= 0.6 is 0 Å². The van der Waals surface area contributed by atoms with Crippen molar-refractivity contribution in [3.63, 3.8) is 0 Å².